The molecule has 0 fully saturated rings. The first-order valence-electron chi connectivity index (χ1n) is 6.83. The fraction of sp³-hybridized carbons (Fsp3) is 0.188. The van der Waals surface area contributed by atoms with Crippen molar-refractivity contribution in [3.8, 4) is 0 Å². The van der Waals surface area contributed by atoms with Crippen molar-refractivity contribution in [2.75, 3.05) is 11.9 Å². The highest BCUT2D eigenvalue weighted by atomic mass is 79.9. The third-order valence-electron chi connectivity index (χ3n) is 2.99. The van der Waals surface area contributed by atoms with Gasteiger partial charge in [0.1, 0.15) is 11.5 Å². The van der Waals surface area contributed by atoms with E-state index in [1.54, 1.807) is 13.8 Å². The van der Waals surface area contributed by atoms with Crippen LogP contribution in [-0.4, -0.2) is 23.5 Å². The zero-order chi connectivity index (χ0) is 17.0. The summed E-state index contributed by atoms with van der Waals surface area (Å²) >= 11 is 3.17. The van der Waals surface area contributed by atoms with Crippen LogP contribution in [0.5, 0.6) is 0 Å². The van der Waals surface area contributed by atoms with E-state index >= 15 is 0 Å². The molecule has 0 unspecified atom stereocenters. The van der Waals surface area contributed by atoms with Crippen LogP contribution in [0.2, 0.25) is 0 Å². The van der Waals surface area contributed by atoms with Crippen LogP contribution < -0.4 is 5.32 Å². The molecular weight excluding hydrogens is 367 g/mol. The van der Waals surface area contributed by atoms with Gasteiger partial charge in [0.15, 0.2) is 0 Å². The molecule has 0 radical (unpaired) electrons. The molecule has 1 amide bonds. The molecule has 0 saturated carbocycles. The summed E-state index contributed by atoms with van der Waals surface area (Å²) in [4.78, 5) is 28.0. The van der Waals surface area contributed by atoms with Gasteiger partial charge in [-0.2, -0.15) is 0 Å². The summed E-state index contributed by atoms with van der Waals surface area (Å²) in [6.07, 6.45) is 0. The molecule has 23 heavy (non-hydrogen) atoms. The molecule has 1 heterocycles. The Morgan fingerprint density at radius 2 is 2.04 bits per heavy atom. The highest BCUT2D eigenvalue weighted by Gasteiger charge is 2.15. The van der Waals surface area contributed by atoms with Crippen LogP contribution in [0.3, 0.4) is 0 Å². The number of carbonyl (C=O) groups is 2. The van der Waals surface area contributed by atoms with Crippen LogP contribution in [0.25, 0.3) is 0 Å². The van der Waals surface area contributed by atoms with Crippen LogP contribution in [0, 0.1) is 12.7 Å². The summed E-state index contributed by atoms with van der Waals surface area (Å²) in [7, 11) is 0. The number of anilines is 1. The standard InChI is InChI=1S/C16H14BrFN2O3/c1-3-23-16(22)11-5-7-14(19-9(11)2)15(21)20-13-6-4-10(18)8-12(13)17/h4-8H,3H2,1-2H3,(H,20,21). The van der Waals surface area contributed by atoms with E-state index in [1.807, 2.05) is 0 Å². The summed E-state index contributed by atoms with van der Waals surface area (Å²) in [6.45, 7) is 3.60. The van der Waals surface area contributed by atoms with Gasteiger partial charge in [-0.3, -0.25) is 4.79 Å². The fourth-order valence-corrected chi connectivity index (χ4v) is 2.34. The first-order chi connectivity index (χ1) is 10.9. The number of nitrogens with zero attached hydrogens (tertiary/aromatic N) is 1. The lowest BCUT2D eigenvalue weighted by atomic mass is 10.2. The van der Waals surface area contributed by atoms with Crippen LogP contribution in [0.1, 0.15) is 33.5 Å². The lowest BCUT2D eigenvalue weighted by molar-refractivity contribution is 0.0524. The van der Waals surface area contributed by atoms with Gasteiger partial charge in [-0.15, -0.1) is 0 Å². The van der Waals surface area contributed by atoms with Crippen LogP contribution in [-0.2, 0) is 4.74 Å². The molecule has 0 aliphatic carbocycles. The number of benzene rings is 1. The summed E-state index contributed by atoms with van der Waals surface area (Å²) < 4.78 is 18.4. The number of aryl methyl sites for hydroxylation is 1. The van der Waals surface area contributed by atoms with Crippen LogP contribution in [0.15, 0.2) is 34.8 Å². The van der Waals surface area contributed by atoms with Crippen molar-refractivity contribution in [1.82, 2.24) is 4.98 Å². The van der Waals surface area contributed by atoms with Gasteiger partial charge in [0, 0.05) is 4.47 Å². The van der Waals surface area contributed by atoms with E-state index in [2.05, 4.69) is 26.2 Å². The smallest absolute Gasteiger partial charge is 0.339 e. The summed E-state index contributed by atoms with van der Waals surface area (Å²) in [5, 5.41) is 2.62. The predicted octanol–water partition coefficient (Wildman–Crippen LogP) is 3.72. The zero-order valence-electron chi connectivity index (χ0n) is 12.5. The van der Waals surface area contributed by atoms with Crippen molar-refractivity contribution in [1.29, 1.82) is 0 Å². The zero-order valence-corrected chi connectivity index (χ0v) is 14.1. The normalized spacial score (nSPS) is 10.3. The number of ether oxygens (including phenoxy) is 1. The van der Waals surface area contributed by atoms with Crippen LogP contribution in [0.4, 0.5) is 10.1 Å². The molecular formula is C16H14BrFN2O3. The largest absolute Gasteiger partial charge is 0.462 e. The topological polar surface area (TPSA) is 68.3 Å². The van der Waals surface area contributed by atoms with Gasteiger partial charge < -0.3 is 10.1 Å². The van der Waals surface area contributed by atoms with Gasteiger partial charge in [0.05, 0.1) is 23.6 Å². The molecule has 0 aliphatic rings. The first kappa shape index (κ1) is 17.1. The highest BCUT2D eigenvalue weighted by Crippen LogP contribution is 2.23. The average molecular weight is 381 g/mol. The number of amides is 1. The van der Waals surface area contributed by atoms with Crippen molar-refractivity contribution >= 4 is 33.5 Å². The minimum absolute atomic E-state index is 0.145. The maximum atomic E-state index is 13.0. The van der Waals surface area contributed by atoms with Crippen molar-refractivity contribution in [2.45, 2.75) is 13.8 Å². The SMILES string of the molecule is CCOC(=O)c1ccc(C(=O)Nc2ccc(F)cc2Br)nc1C. The Labute approximate surface area is 141 Å². The molecule has 0 spiro atoms. The molecule has 2 rings (SSSR count). The Morgan fingerprint density at radius 3 is 2.65 bits per heavy atom. The number of halogens is 2. The van der Waals surface area contributed by atoms with Gasteiger partial charge in [0.25, 0.3) is 5.91 Å². The Kier molecular flexibility index (Phi) is 5.44. The van der Waals surface area contributed by atoms with Gasteiger partial charge in [-0.05, 0) is 60.1 Å². The molecule has 7 heteroatoms. The van der Waals surface area contributed by atoms with Crippen molar-refractivity contribution < 1.29 is 18.7 Å². The summed E-state index contributed by atoms with van der Waals surface area (Å²) in [5.41, 5.74) is 1.28. The van der Waals surface area contributed by atoms with Gasteiger partial charge in [-0.25, -0.2) is 14.2 Å². The van der Waals surface area contributed by atoms with E-state index in [0.29, 0.717) is 21.4 Å². The molecule has 1 aromatic heterocycles. The quantitative estimate of drug-likeness (QED) is 0.820. The second-order valence-electron chi connectivity index (χ2n) is 4.63. The number of pyridine rings is 1. The van der Waals surface area contributed by atoms with Gasteiger partial charge in [-0.1, -0.05) is 0 Å². The van der Waals surface area contributed by atoms with E-state index in [9.17, 15) is 14.0 Å². The maximum Gasteiger partial charge on any atom is 0.339 e. The number of hydrogen-bond acceptors (Lipinski definition) is 4. The molecule has 2 aromatic rings. The maximum absolute atomic E-state index is 13.0. The number of esters is 1. The number of aromatic nitrogens is 1. The summed E-state index contributed by atoms with van der Waals surface area (Å²) in [6, 6.07) is 6.86. The fourth-order valence-electron chi connectivity index (χ4n) is 1.89. The van der Waals surface area contributed by atoms with Gasteiger partial charge in [0.2, 0.25) is 0 Å². The van der Waals surface area contributed by atoms with E-state index < -0.39 is 17.7 Å². The third-order valence-corrected chi connectivity index (χ3v) is 3.65. The van der Waals surface area contributed by atoms with Crippen molar-refractivity contribution in [2.24, 2.45) is 0 Å². The molecule has 1 aromatic carbocycles. The number of nitrogens with one attached hydrogen (secondary N) is 1. The Bertz CT molecular complexity index is 765. The monoisotopic (exact) mass is 380 g/mol. The Hall–Kier alpha value is -2.28. The number of hydrogen-bond donors (Lipinski definition) is 1. The lowest BCUT2D eigenvalue weighted by Gasteiger charge is -2.09. The Morgan fingerprint density at radius 1 is 1.30 bits per heavy atom. The van der Waals surface area contributed by atoms with E-state index in [4.69, 9.17) is 4.74 Å². The number of carbonyl (C=O) groups excluding carboxylic acids is 2. The average Bonchev–Trinajstić information content (AvgIpc) is 2.50. The molecule has 0 aliphatic heterocycles. The van der Waals surface area contributed by atoms with E-state index in [0.717, 1.165) is 0 Å². The molecule has 120 valence electrons. The van der Waals surface area contributed by atoms with E-state index in [-0.39, 0.29) is 12.3 Å². The van der Waals surface area contributed by atoms with E-state index in [1.165, 1.54) is 30.3 Å². The van der Waals surface area contributed by atoms with Crippen LogP contribution >= 0.6 is 15.9 Å². The molecule has 0 saturated heterocycles. The second-order valence-corrected chi connectivity index (χ2v) is 5.48. The van der Waals surface area contributed by atoms with Crippen molar-refractivity contribution in [3.05, 3.63) is 57.6 Å². The molecule has 5 nitrogen and oxygen atoms in total. The predicted molar refractivity (Wildman–Crippen MR) is 87.0 cm³/mol. The Balaban J connectivity index is 2.20. The molecule has 0 atom stereocenters. The number of rotatable bonds is 4. The van der Waals surface area contributed by atoms with Gasteiger partial charge >= 0.3 is 5.97 Å². The molecule has 0 bridgehead atoms. The summed E-state index contributed by atoms with van der Waals surface area (Å²) in [5.74, 6) is -1.36. The minimum Gasteiger partial charge on any atom is -0.462 e. The second kappa shape index (κ2) is 7.32. The highest BCUT2D eigenvalue weighted by molar-refractivity contribution is 9.10. The molecule has 1 N–H and O–H groups in total. The minimum atomic E-state index is -0.481. The first-order valence-corrected chi connectivity index (χ1v) is 7.63. The van der Waals surface area contributed by atoms with Crippen molar-refractivity contribution in [3.63, 3.8) is 0 Å². The lowest BCUT2D eigenvalue weighted by Crippen LogP contribution is -2.16. The third kappa shape index (κ3) is 4.13.